The van der Waals surface area contributed by atoms with Gasteiger partial charge in [-0.2, -0.15) is 8.42 Å². The van der Waals surface area contributed by atoms with Crippen molar-refractivity contribution in [2.75, 3.05) is 0 Å². The molecule has 0 atom stereocenters. The highest BCUT2D eigenvalue weighted by Crippen LogP contribution is 2.17. The van der Waals surface area contributed by atoms with E-state index in [0.717, 1.165) is 11.3 Å². The fourth-order valence-corrected chi connectivity index (χ4v) is 2.06. The molecule has 0 unspecified atom stereocenters. The quantitative estimate of drug-likeness (QED) is 0.710. The van der Waals surface area contributed by atoms with E-state index in [1.807, 2.05) is 6.92 Å². The second-order valence-electron chi connectivity index (χ2n) is 1.90. The smallest absolute Gasteiger partial charge is 0.281 e. The first-order valence-corrected chi connectivity index (χ1v) is 5.22. The van der Waals surface area contributed by atoms with E-state index in [4.69, 9.17) is 4.55 Å². The number of aryl methyl sites for hydroxylation is 1. The van der Waals surface area contributed by atoms with Crippen LogP contribution in [0.3, 0.4) is 0 Å². The zero-order chi connectivity index (χ0) is 8.48. The minimum atomic E-state index is -4.04. The molecule has 0 amide bonds. The highest BCUT2D eigenvalue weighted by atomic mass is 32.3. The van der Waals surface area contributed by atoms with Crippen molar-refractivity contribution < 1.29 is 13.0 Å². The molecular formula is C5H7NO3S2. The fourth-order valence-electron chi connectivity index (χ4n) is 0.576. The maximum absolute atomic E-state index is 10.5. The van der Waals surface area contributed by atoms with Crippen molar-refractivity contribution in [3.05, 3.63) is 11.2 Å². The summed E-state index contributed by atoms with van der Waals surface area (Å²) >= 11 is 0.991. The lowest BCUT2D eigenvalue weighted by molar-refractivity contribution is 0.485. The van der Waals surface area contributed by atoms with Crippen molar-refractivity contribution in [2.24, 2.45) is 0 Å². The Morgan fingerprint density at radius 2 is 2.36 bits per heavy atom. The third kappa shape index (κ3) is 1.98. The SMILES string of the molecule is CCc1ncc(S(=O)(=O)O)s1. The molecule has 0 aliphatic carbocycles. The Kier molecular flexibility index (Phi) is 2.26. The van der Waals surface area contributed by atoms with Gasteiger partial charge in [0.25, 0.3) is 0 Å². The molecule has 6 heteroatoms. The molecule has 0 aliphatic rings. The van der Waals surface area contributed by atoms with Gasteiger partial charge in [0, 0.05) is 0 Å². The Morgan fingerprint density at radius 1 is 1.73 bits per heavy atom. The highest BCUT2D eigenvalue weighted by Gasteiger charge is 2.12. The molecule has 0 saturated carbocycles. The van der Waals surface area contributed by atoms with Crippen molar-refractivity contribution in [3.8, 4) is 0 Å². The second-order valence-corrected chi connectivity index (χ2v) is 4.67. The molecule has 0 fully saturated rings. The number of nitrogens with zero attached hydrogens (tertiary/aromatic N) is 1. The largest absolute Gasteiger partial charge is 0.305 e. The summed E-state index contributed by atoms with van der Waals surface area (Å²) in [5, 5.41) is 0.706. The van der Waals surface area contributed by atoms with Gasteiger partial charge in [0.1, 0.15) is 0 Å². The van der Waals surface area contributed by atoms with Crippen molar-refractivity contribution in [2.45, 2.75) is 17.6 Å². The average molecular weight is 193 g/mol. The standard InChI is InChI=1S/C5H7NO3S2/c1-2-4-6-3-5(10-4)11(7,8)9/h3H,2H2,1H3,(H,7,8,9). The van der Waals surface area contributed by atoms with Gasteiger partial charge in [-0.05, 0) is 6.42 Å². The summed E-state index contributed by atoms with van der Waals surface area (Å²) in [4.78, 5) is 3.78. The van der Waals surface area contributed by atoms with Crippen molar-refractivity contribution in [3.63, 3.8) is 0 Å². The molecule has 62 valence electrons. The number of thiazole rings is 1. The lowest BCUT2D eigenvalue weighted by atomic mass is 10.5. The van der Waals surface area contributed by atoms with E-state index in [9.17, 15) is 8.42 Å². The summed E-state index contributed by atoms with van der Waals surface area (Å²) in [6.45, 7) is 1.87. The minimum Gasteiger partial charge on any atom is -0.281 e. The summed E-state index contributed by atoms with van der Waals surface area (Å²) in [6, 6.07) is 0. The average Bonchev–Trinajstić information content (AvgIpc) is 2.32. The van der Waals surface area contributed by atoms with Crippen molar-refractivity contribution in [1.29, 1.82) is 0 Å². The minimum absolute atomic E-state index is 0.0886. The molecule has 0 radical (unpaired) electrons. The van der Waals surface area contributed by atoms with Crippen LogP contribution >= 0.6 is 11.3 Å². The molecule has 1 heterocycles. The van der Waals surface area contributed by atoms with Crippen LogP contribution in [0.2, 0.25) is 0 Å². The van der Waals surface area contributed by atoms with Gasteiger partial charge in [0.15, 0.2) is 4.21 Å². The van der Waals surface area contributed by atoms with Gasteiger partial charge in [-0.15, -0.1) is 11.3 Å². The zero-order valence-electron chi connectivity index (χ0n) is 5.81. The number of hydrogen-bond donors (Lipinski definition) is 1. The van der Waals surface area contributed by atoms with Crippen molar-refractivity contribution >= 4 is 21.5 Å². The van der Waals surface area contributed by atoms with E-state index in [-0.39, 0.29) is 4.21 Å². The van der Waals surface area contributed by atoms with E-state index in [1.165, 1.54) is 6.20 Å². The first-order valence-electron chi connectivity index (χ1n) is 2.96. The Bertz CT molecular complexity index is 340. The maximum Gasteiger partial charge on any atom is 0.305 e. The van der Waals surface area contributed by atoms with Crippen LogP contribution in [0, 0.1) is 0 Å². The summed E-state index contributed by atoms with van der Waals surface area (Å²) in [6.07, 6.45) is 1.85. The molecule has 0 bridgehead atoms. The summed E-state index contributed by atoms with van der Waals surface area (Å²) < 4.78 is 29.4. The molecule has 0 saturated heterocycles. The lowest BCUT2D eigenvalue weighted by Crippen LogP contribution is -1.93. The predicted molar refractivity (Wildman–Crippen MR) is 41.3 cm³/mol. The molecule has 1 rings (SSSR count). The van der Waals surface area contributed by atoms with Gasteiger partial charge >= 0.3 is 10.1 Å². The van der Waals surface area contributed by atoms with Gasteiger partial charge in [-0.1, -0.05) is 6.92 Å². The van der Waals surface area contributed by atoms with Crippen LogP contribution in [0.5, 0.6) is 0 Å². The van der Waals surface area contributed by atoms with Gasteiger partial charge in [-0.3, -0.25) is 4.55 Å². The van der Waals surface area contributed by atoms with Gasteiger partial charge in [0.05, 0.1) is 11.2 Å². The predicted octanol–water partition coefficient (Wildman–Crippen LogP) is 0.952. The first-order chi connectivity index (χ1) is 5.04. The Morgan fingerprint density at radius 3 is 2.64 bits per heavy atom. The van der Waals surface area contributed by atoms with E-state index in [1.54, 1.807) is 0 Å². The Hall–Kier alpha value is -0.460. The Labute approximate surface area is 68.6 Å². The highest BCUT2D eigenvalue weighted by molar-refractivity contribution is 7.88. The molecule has 1 N–H and O–H groups in total. The monoisotopic (exact) mass is 193 g/mol. The molecule has 0 aromatic carbocycles. The van der Waals surface area contributed by atoms with Crippen LogP contribution in [-0.2, 0) is 16.5 Å². The van der Waals surface area contributed by atoms with Gasteiger partial charge in [-0.25, -0.2) is 4.98 Å². The molecular weight excluding hydrogens is 186 g/mol. The summed E-state index contributed by atoms with van der Waals surface area (Å²) in [7, 11) is -4.04. The van der Waals surface area contributed by atoms with Gasteiger partial charge < -0.3 is 0 Å². The van der Waals surface area contributed by atoms with Crippen LogP contribution in [0.4, 0.5) is 0 Å². The number of rotatable bonds is 2. The van der Waals surface area contributed by atoms with E-state index < -0.39 is 10.1 Å². The van der Waals surface area contributed by atoms with E-state index in [2.05, 4.69) is 4.98 Å². The Balaban J connectivity index is 3.09. The van der Waals surface area contributed by atoms with E-state index in [0.29, 0.717) is 11.4 Å². The number of hydrogen-bond acceptors (Lipinski definition) is 4. The first kappa shape index (κ1) is 8.63. The normalized spacial score (nSPS) is 11.8. The number of aromatic nitrogens is 1. The van der Waals surface area contributed by atoms with Crippen LogP contribution in [0.15, 0.2) is 10.4 Å². The molecule has 1 aromatic heterocycles. The van der Waals surface area contributed by atoms with Crippen LogP contribution in [0.25, 0.3) is 0 Å². The molecule has 4 nitrogen and oxygen atoms in total. The molecule has 11 heavy (non-hydrogen) atoms. The van der Waals surface area contributed by atoms with Crippen LogP contribution < -0.4 is 0 Å². The summed E-state index contributed by atoms with van der Waals surface area (Å²) in [5.41, 5.74) is 0. The topological polar surface area (TPSA) is 67.3 Å². The zero-order valence-corrected chi connectivity index (χ0v) is 7.44. The lowest BCUT2D eigenvalue weighted by Gasteiger charge is -1.85. The molecule has 0 spiro atoms. The van der Waals surface area contributed by atoms with Gasteiger partial charge in [0.2, 0.25) is 0 Å². The maximum atomic E-state index is 10.5. The second kappa shape index (κ2) is 2.88. The third-order valence-electron chi connectivity index (χ3n) is 1.09. The van der Waals surface area contributed by atoms with Crippen molar-refractivity contribution in [1.82, 2.24) is 4.98 Å². The van der Waals surface area contributed by atoms with E-state index >= 15 is 0 Å². The van der Waals surface area contributed by atoms with Crippen LogP contribution in [-0.4, -0.2) is 18.0 Å². The van der Waals surface area contributed by atoms with Crippen LogP contribution in [0.1, 0.15) is 11.9 Å². The third-order valence-corrected chi connectivity index (χ3v) is 3.52. The fraction of sp³-hybridized carbons (Fsp3) is 0.400. The molecule has 1 aromatic rings. The summed E-state index contributed by atoms with van der Waals surface area (Å²) in [5.74, 6) is 0. The molecule has 0 aliphatic heterocycles.